The number of nitrogens with one attached hydrogen (secondary N) is 1. The molecule has 3 heterocycles. The van der Waals surface area contributed by atoms with Crippen LogP contribution in [0.25, 0.3) is 11.0 Å². The first kappa shape index (κ1) is 17.1. The van der Waals surface area contributed by atoms with Crippen molar-refractivity contribution in [3.8, 4) is 0 Å². The molecule has 27 heavy (non-hydrogen) atoms. The molecule has 0 aliphatic carbocycles. The van der Waals surface area contributed by atoms with E-state index in [2.05, 4.69) is 58.5 Å². The topological polar surface area (TPSA) is 68.5 Å². The van der Waals surface area contributed by atoms with Gasteiger partial charge >= 0.3 is 0 Å². The molecule has 0 bridgehead atoms. The molecule has 3 aromatic heterocycles. The number of aryl methyl sites for hydroxylation is 3. The van der Waals surface area contributed by atoms with Gasteiger partial charge in [0.25, 0.3) is 0 Å². The predicted molar refractivity (Wildman–Crippen MR) is 107 cm³/mol. The summed E-state index contributed by atoms with van der Waals surface area (Å²) in [5.41, 5.74) is 4.36. The van der Waals surface area contributed by atoms with Crippen molar-refractivity contribution in [2.45, 2.75) is 26.3 Å². The molecule has 6 heteroatoms. The summed E-state index contributed by atoms with van der Waals surface area (Å²) >= 11 is 0. The van der Waals surface area contributed by atoms with Crippen LogP contribution in [0.1, 0.15) is 35.5 Å². The fourth-order valence-electron chi connectivity index (χ4n) is 3.15. The molecule has 6 nitrogen and oxygen atoms in total. The van der Waals surface area contributed by atoms with Crippen molar-refractivity contribution in [3.05, 3.63) is 77.5 Å². The third kappa shape index (κ3) is 3.38. The summed E-state index contributed by atoms with van der Waals surface area (Å²) in [4.78, 5) is 13.5. The zero-order valence-corrected chi connectivity index (χ0v) is 15.7. The van der Waals surface area contributed by atoms with Gasteiger partial charge in [0.05, 0.1) is 17.6 Å². The second kappa shape index (κ2) is 7.15. The number of fused-ring (bicyclic) bond motifs is 1. The largest absolute Gasteiger partial charge is 0.358 e. The zero-order valence-electron chi connectivity index (χ0n) is 15.7. The third-order valence-corrected chi connectivity index (χ3v) is 4.69. The lowest BCUT2D eigenvalue weighted by atomic mass is 9.98. The summed E-state index contributed by atoms with van der Waals surface area (Å²) in [6, 6.07) is 12.6. The van der Waals surface area contributed by atoms with Crippen molar-refractivity contribution >= 4 is 16.9 Å². The molecule has 0 aliphatic heterocycles. The van der Waals surface area contributed by atoms with Crippen molar-refractivity contribution in [1.29, 1.82) is 0 Å². The lowest BCUT2D eigenvalue weighted by molar-refractivity contribution is 0.779. The summed E-state index contributed by atoms with van der Waals surface area (Å²) in [6.07, 6.45) is 6.21. The quantitative estimate of drug-likeness (QED) is 0.587. The van der Waals surface area contributed by atoms with Crippen molar-refractivity contribution in [2.75, 3.05) is 5.32 Å². The highest BCUT2D eigenvalue weighted by Gasteiger charge is 2.18. The van der Waals surface area contributed by atoms with Gasteiger partial charge in [0.2, 0.25) is 0 Å². The number of rotatable bonds is 5. The van der Waals surface area contributed by atoms with Gasteiger partial charge in [-0.3, -0.25) is 9.67 Å². The van der Waals surface area contributed by atoms with Crippen LogP contribution in [-0.4, -0.2) is 24.7 Å². The van der Waals surface area contributed by atoms with Gasteiger partial charge in [0, 0.05) is 25.9 Å². The van der Waals surface area contributed by atoms with E-state index >= 15 is 0 Å². The molecule has 0 unspecified atom stereocenters. The third-order valence-electron chi connectivity index (χ3n) is 4.69. The standard InChI is InChI=1S/C21H22N6/c1-4-18-24-20(17-13-23-27(3)21(17)25-18)26-19(16-9-11-22-12-10-16)15-7-5-14(2)6-8-15/h5-13,19H,4H2,1-3H3,(H,24,25,26)/t19-/m1/s1. The normalized spacial score (nSPS) is 12.3. The Morgan fingerprint density at radius 1 is 1.00 bits per heavy atom. The van der Waals surface area contributed by atoms with E-state index < -0.39 is 0 Å². The van der Waals surface area contributed by atoms with E-state index in [1.807, 2.05) is 37.8 Å². The van der Waals surface area contributed by atoms with E-state index in [9.17, 15) is 0 Å². The minimum absolute atomic E-state index is 0.0448. The molecule has 0 aliphatic rings. The van der Waals surface area contributed by atoms with Crippen molar-refractivity contribution in [1.82, 2.24) is 24.7 Å². The number of anilines is 1. The van der Waals surface area contributed by atoms with Crippen LogP contribution in [0.2, 0.25) is 0 Å². The highest BCUT2D eigenvalue weighted by atomic mass is 15.3. The molecule has 0 fully saturated rings. The molecule has 4 aromatic rings. The Hall–Kier alpha value is -3.28. The van der Waals surface area contributed by atoms with Gasteiger partial charge in [-0.25, -0.2) is 9.97 Å². The van der Waals surface area contributed by atoms with Crippen molar-refractivity contribution in [3.63, 3.8) is 0 Å². The van der Waals surface area contributed by atoms with E-state index in [0.717, 1.165) is 34.7 Å². The predicted octanol–water partition coefficient (Wildman–Crippen LogP) is 3.83. The van der Waals surface area contributed by atoms with E-state index in [4.69, 9.17) is 4.98 Å². The van der Waals surface area contributed by atoms with Gasteiger partial charge in [-0.1, -0.05) is 36.8 Å². The van der Waals surface area contributed by atoms with Crippen LogP contribution in [0.3, 0.4) is 0 Å². The summed E-state index contributed by atoms with van der Waals surface area (Å²) in [6.45, 7) is 4.15. The zero-order chi connectivity index (χ0) is 18.8. The summed E-state index contributed by atoms with van der Waals surface area (Å²) in [7, 11) is 1.90. The summed E-state index contributed by atoms with van der Waals surface area (Å²) in [5, 5.41) is 8.91. The number of hydrogen-bond acceptors (Lipinski definition) is 5. The average molecular weight is 358 g/mol. The highest BCUT2D eigenvalue weighted by molar-refractivity contribution is 5.86. The van der Waals surface area contributed by atoms with Gasteiger partial charge in [-0.05, 0) is 30.2 Å². The Morgan fingerprint density at radius 3 is 2.41 bits per heavy atom. The second-order valence-electron chi connectivity index (χ2n) is 6.62. The maximum absolute atomic E-state index is 4.75. The maximum Gasteiger partial charge on any atom is 0.163 e. The Kier molecular flexibility index (Phi) is 4.54. The Morgan fingerprint density at radius 2 is 1.70 bits per heavy atom. The highest BCUT2D eigenvalue weighted by Crippen LogP contribution is 2.29. The van der Waals surface area contributed by atoms with Gasteiger partial charge in [-0.15, -0.1) is 0 Å². The van der Waals surface area contributed by atoms with E-state index in [0.29, 0.717) is 0 Å². The van der Waals surface area contributed by atoms with Gasteiger partial charge in [0.1, 0.15) is 11.6 Å². The van der Waals surface area contributed by atoms with Gasteiger partial charge in [-0.2, -0.15) is 5.10 Å². The van der Waals surface area contributed by atoms with Crippen LogP contribution in [0.15, 0.2) is 55.0 Å². The fourth-order valence-corrected chi connectivity index (χ4v) is 3.15. The van der Waals surface area contributed by atoms with Crippen LogP contribution in [0.5, 0.6) is 0 Å². The van der Waals surface area contributed by atoms with Gasteiger partial charge in [0.15, 0.2) is 5.65 Å². The van der Waals surface area contributed by atoms with Crippen LogP contribution in [0.4, 0.5) is 5.82 Å². The molecule has 0 saturated heterocycles. The Balaban J connectivity index is 1.83. The molecular formula is C21H22N6. The average Bonchev–Trinajstić information content (AvgIpc) is 3.08. The molecule has 136 valence electrons. The number of aromatic nitrogens is 5. The van der Waals surface area contributed by atoms with Crippen LogP contribution in [0, 0.1) is 6.92 Å². The smallest absolute Gasteiger partial charge is 0.163 e. The summed E-state index contributed by atoms with van der Waals surface area (Å²) in [5.74, 6) is 1.60. The lowest BCUT2D eigenvalue weighted by Crippen LogP contribution is -2.15. The van der Waals surface area contributed by atoms with E-state index in [1.54, 1.807) is 4.68 Å². The lowest BCUT2D eigenvalue weighted by Gasteiger charge is -2.21. The minimum atomic E-state index is -0.0448. The van der Waals surface area contributed by atoms with Crippen LogP contribution in [-0.2, 0) is 13.5 Å². The molecule has 4 rings (SSSR count). The first-order valence-corrected chi connectivity index (χ1v) is 9.07. The summed E-state index contributed by atoms with van der Waals surface area (Å²) < 4.78 is 1.79. The number of benzene rings is 1. The van der Waals surface area contributed by atoms with Crippen LogP contribution < -0.4 is 5.32 Å². The van der Waals surface area contributed by atoms with Crippen LogP contribution >= 0.6 is 0 Å². The second-order valence-corrected chi connectivity index (χ2v) is 6.62. The number of nitrogens with zero attached hydrogens (tertiary/aromatic N) is 5. The molecule has 1 atom stereocenters. The number of hydrogen-bond donors (Lipinski definition) is 1. The monoisotopic (exact) mass is 358 g/mol. The Bertz CT molecular complexity index is 1050. The molecular weight excluding hydrogens is 336 g/mol. The molecule has 0 saturated carbocycles. The minimum Gasteiger partial charge on any atom is -0.358 e. The fraction of sp³-hybridized carbons (Fsp3) is 0.238. The van der Waals surface area contributed by atoms with Gasteiger partial charge < -0.3 is 5.32 Å². The van der Waals surface area contributed by atoms with Crippen molar-refractivity contribution < 1.29 is 0 Å². The maximum atomic E-state index is 4.75. The molecule has 1 aromatic carbocycles. The molecule has 0 radical (unpaired) electrons. The SMILES string of the molecule is CCc1nc(N[C@@H](c2ccncc2)c2ccc(C)cc2)c2cnn(C)c2n1. The first-order chi connectivity index (χ1) is 13.2. The van der Waals surface area contributed by atoms with E-state index in [1.165, 1.54) is 11.1 Å². The Labute approximate surface area is 158 Å². The molecule has 0 amide bonds. The molecule has 1 N–H and O–H groups in total. The number of pyridine rings is 1. The van der Waals surface area contributed by atoms with E-state index in [-0.39, 0.29) is 6.04 Å². The first-order valence-electron chi connectivity index (χ1n) is 9.07. The molecule has 0 spiro atoms. The van der Waals surface area contributed by atoms with Crippen molar-refractivity contribution in [2.24, 2.45) is 7.05 Å².